The maximum atomic E-state index is 4.17. The molecule has 0 aromatic heterocycles. The predicted molar refractivity (Wildman–Crippen MR) is 74.5 cm³/mol. The Balaban J connectivity index is 4.16. The maximum Gasteiger partial charge on any atom is 0.0290 e. The van der Waals surface area contributed by atoms with Crippen molar-refractivity contribution < 1.29 is 0 Å². The van der Waals surface area contributed by atoms with Gasteiger partial charge in [-0.3, -0.25) is 0 Å². The second kappa shape index (κ2) is 7.16. The van der Waals surface area contributed by atoms with Crippen molar-refractivity contribution in [1.82, 2.24) is 0 Å². The molecule has 0 amide bonds. The molecule has 0 aliphatic carbocycles. The monoisotopic (exact) mass is 226 g/mol. The van der Waals surface area contributed by atoms with E-state index < -0.39 is 0 Å². The van der Waals surface area contributed by atoms with Crippen molar-refractivity contribution in [3.63, 3.8) is 0 Å². The molecule has 15 heavy (non-hydrogen) atoms. The third-order valence-corrected chi connectivity index (χ3v) is 3.60. The lowest BCUT2D eigenvalue weighted by atomic mass is 9.99. The lowest BCUT2D eigenvalue weighted by Crippen LogP contribution is -2.09. The summed E-state index contributed by atoms with van der Waals surface area (Å²) >= 11 is 2.00. The van der Waals surface area contributed by atoms with Gasteiger partial charge < -0.3 is 0 Å². The molecular formula is C14H26S. The molecule has 0 radical (unpaired) electrons. The normalized spacial score (nSPS) is 13.3. The molecule has 0 aromatic carbocycles. The maximum absolute atomic E-state index is 4.17. The van der Waals surface area contributed by atoms with E-state index >= 15 is 0 Å². The molecule has 0 aliphatic rings. The van der Waals surface area contributed by atoms with Crippen LogP contribution in [0.25, 0.3) is 0 Å². The average molecular weight is 226 g/mol. The van der Waals surface area contributed by atoms with Gasteiger partial charge in [-0.1, -0.05) is 52.0 Å². The van der Waals surface area contributed by atoms with Gasteiger partial charge in [-0.25, -0.2) is 0 Å². The highest BCUT2D eigenvalue weighted by Gasteiger charge is 2.14. The number of thioether (sulfide) groups is 1. The van der Waals surface area contributed by atoms with Gasteiger partial charge in [0.1, 0.15) is 0 Å². The zero-order chi connectivity index (χ0) is 12.0. The van der Waals surface area contributed by atoms with Crippen LogP contribution in [0.4, 0.5) is 0 Å². The molecule has 0 aliphatic heterocycles. The van der Waals surface area contributed by atoms with Crippen LogP contribution in [0, 0.1) is 5.92 Å². The van der Waals surface area contributed by atoms with Gasteiger partial charge in [0.2, 0.25) is 0 Å². The first-order valence-electron chi connectivity index (χ1n) is 5.80. The molecule has 0 bridgehead atoms. The number of hydrogen-bond donors (Lipinski definition) is 0. The molecule has 0 heterocycles. The molecule has 0 nitrogen and oxygen atoms in total. The van der Waals surface area contributed by atoms with E-state index in [2.05, 4.69) is 47.8 Å². The van der Waals surface area contributed by atoms with Gasteiger partial charge in [0.05, 0.1) is 0 Å². The van der Waals surface area contributed by atoms with Crippen molar-refractivity contribution in [1.29, 1.82) is 0 Å². The first-order valence-corrected chi connectivity index (χ1v) is 6.74. The smallest absolute Gasteiger partial charge is 0.0290 e. The highest BCUT2D eigenvalue weighted by molar-refractivity contribution is 8.00. The van der Waals surface area contributed by atoms with Gasteiger partial charge in [0, 0.05) is 5.25 Å². The lowest BCUT2D eigenvalue weighted by molar-refractivity contribution is 0.626. The second-order valence-corrected chi connectivity index (χ2v) is 6.86. The van der Waals surface area contributed by atoms with Gasteiger partial charge in [0.15, 0.2) is 0 Å². The molecule has 0 aromatic rings. The summed E-state index contributed by atoms with van der Waals surface area (Å²) in [5, 5.41) is 1.22. The quantitative estimate of drug-likeness (QED) is 0.546. The number of allylic oxidation sites excluding steroid dienone is 1. The van der Waals surface area contributed by atoms with Crippen LogP contribution in [-0.2, 0) is 0 Å². The van der Waals surface area contributed by atoms with Gasteiger partial charge >= 0.3 is 0 Å². The van der Waals surface area contributed by atoms with E-state index in [4.69, 9.17) is 0 Å². The minimum Gasteiger partial charge on any atom is -0.151 e. The molecule has 0 saturated carbocycles. The zero-order valence-corrected chi connectivity index (χ0v) is 11.8. The van der Waals surface area contributed by atoms with Crippen LogP contribution in [0.1, 0.15) is 47.5 Å². The highest BCUT2D eigenvalue weighted by atomic mass is 32.2. The minimum atomic E-state index is 0.552. The molecule has 0 saturated heterocycles. The summed E-state index contributed by atoms with van der Waals surface area (Å²) in [7, 11) is 0. The fourth-order valence-electron chi connectivity index (χ4n) is 1.59. The molecule has 1 heteroatoms. The van der Waals surface area contributed by atoms with Crippen LogP contribution in [0.15, 0.2) is 24.3 Å². The number of rotatable bonds is 7. The molecule has 0 fully saturated rings. The summed E-state index contributed by atoms with van der Waals surface area (Å²) in [5.74, 6) is 0.715. The van der Waals surface area contributed by atoms with E-state index in [1.54, 1.807) is 0 Å². The third kappa shape index (κ3) is 7.72. The molecule has 0 spiro atoms. The largest absolute Gasteiger partial charge is 0.151 e. The van der Waals surface area contributed by atoms with E-state index in [1.165, 1.54) is 11.1 Å². The first-order chi connectivity index (χ1) is 6.82. The summed E-state index contributed by atoms with van der Waals surface area (Å²) in [6.45, 7) is 19.4. The summed E-state index contributed by atoms with van der Waals surface area (Å²) < 4.78 is 0. The minimum absolute atomic E-state index is 0.552. The van der Waals surface area contributed by atoms with Crippen LogP contribution in [0.3, 0.4) is 0 Å². The molecule has 1 unspecified atom stereocenters. The summed E-state index contributed by atoms with van der Waals surface area (Å²) in [5.41, 5.74) is 2.64. The van der Waals surface area contributed by atoms with Gasteiger partial charge in [-0.2, -0.15) is 11.8 Å². The Hall–Kier alpha value is -0.170. The van der Waals surface area contributed by atoms with Crippen molar-refractivity contribution in [2.75, 3.05) is 0 Å². The third-order valence-electron chi connectivity index (χ3n) is 2.16. The van der Waals surface area contributed by atoms with Crippen molar-refractivity contribution in [2.24, 2.45) is 5.92 Å². The molecule has 0 rings (SSSR count). The topological polar surface area (TPSA) is 0 Å². The van der Waals surface area contributed by atoms with Crippen molar-refractivity contribution in [3.05, 3.63) is 24.3 Å². The van der Waals surface area contributed by atoms with Gasteiger partial charge in [-0.05, 0) is 30.9 Å². The van der Waals surface area contributed by atoms with Gasteiger partial charge in [0.25, 0.3) is 0 Å². The van der Waals surface area contributed by atoms with Crippen LogP contribution in [0.2, 0.25) is 0 Å². The Bertz CT molecular complexity index is 213. The van der Waals surface area contributed by atoms with E-state index in [0.29, 0.717) is 16.4 Å². The van der Waals surface area contributed by atoms with E-state index in [-0.39, 0.29) is 0 Å². The molecule has 88 valence electrons. The zero-order valence-electron chi connectivity index (χ0n) is 11.0. The molecular weight excluding hydrogens is 200 g/mol. The van der Waals surface area contributed by atoms with E-state index in [9.17, 15) is 0 Å². The summed E-state index contributed by atoms with van der Waals surface area (Å²) in [4.78, 5) is 0. The summed E-state index contributed by atoms with van der Waals surface area (Å²) in [6, 6.07) is 0. The fraction of sp³-hybridized carbons (Fsp3) is 0.714. The van der Waals surface area contributed by atoms with Crippen LogP contribution in [-0.4, -0.2) is 10.5 Å². The Morgan fingerprint density at radius 3 is 1.93 bits per heavy atom. The van der Waals surface area contributed by atoms with Crippen LogP contribution < -0.4 is 0 Å². The average Bonchev–Trinajstić information content (AvgIpc) is 1.99. The van der Waals surface area contributed by atoms with Crippen molar-refractivity contribution >= 4 is 11.8 Å². The molecule has 1 atom stereocenters. The fourth-order valence-corrected chi connectivity index (χ4v) is 2.81. The Morgan fingerprint density at radius 1 is 1.07 bits per heavy atom. The Labute approximate surface area is 100 Å². The highest BCUT2D eigenvalue weighted by Crippen LogP contribution is 2.29. The van der Waals surface area contributed by atoms with Crippen LogP contribution in [0.5, 0.6) is 0 Å². The summed E-state index contributed by atoms with van der Waals surface area (Å²) in [6.07, 6.45) is 2.23. The van der Waals surface area contributed by atoms with Gasteiger partial charge in [-0.15, -0.1) is 0 Å². The Kier molecular flexibility index (Phi) is 7.08. The lowest BCUT2D eigenvalue weighted by Gasteiger charge is -2.20. The first kappa shape index (κ1) is 14.8. The van der Waals surface area contributed by atoms with Crippen molar-refractivity contribution in [3.8, 4) is 0 Å². The predicted octanol–water partition coefficient (Wildman–Crippen LogP) is 5.07. The Morgan fingerprint density at radius 2 is 1.60 bits per heavy atom. The van der Waals surface area contributed by atoms with E-state index in [1.807, 2.05) is 11.8 Å². The standard InChI is InChI=1S/C14H26S/c1-10(2)8-13(7)9-14(11(3)4)15-12(5)6/h10,12,14H,3,7-9H2,1-2,4-6H3. The second-order valence-electron chi connectivity index (χ2n) is 5.07. The van der Waals surface area contributed by atoms with Crippen LogP contribution >= 0.6 is 11.8 Å². The van der Waals surface area contributed by atoms with Crippen molar-refractivity contribution in [2.45, 2.75) is 58.0 Å². The molecule has 0 N–H and O–H groups in total. The number of hydrogen-bond acceptors (Lipinski definition) is 1. The van der Waals surface area contributed by atoms with E-state index in [0.717, 1.165) is 12.8 Å². The SMILES string of the molecule is C=C(CC(C)C)CC(SC(C)C)C(=C)C.